The minimum atomic E-state index is 0.0380. The molecule has 0 radical (unpaired) electrons. The molecule has 1 heterocycles. The summed E-state index contributed by atoms with van der Waals surface area (Å²) in [6.07, 6.45) is 4.28. The first-order valence-electron chi connectivity index (χ1n) is 6.80. The average Bonchev–Trinajstić information content (AvgIpc) is 2.45. The molecule has 1 aromatic rings. The third-order valence-electron chi connectivity index (χ3n) is 3.63. The molecule has 0 saturated carbocycles. The number of amides is 1. The van der Waals surface area contributed by atoms with E-state index >= 15 is 0 Å². The molecule has 5 heteroatoms. The van der Waals surface area contributed by atoms with Gasteiger partial charge in [-0.05, 0) is 43.7 Å². The monoisotopic (exact) mass is 289 g/mol. The number of aromatic nitrogens is 1. The molecular formula is C15H19N3OS. The molecule has 0 unspecified atom stereocenters. The number of aryl methyl sites for hydroxylation is 1. The Morgan fingerprint density at radius 1 is 1.35 bits per heavy atom. The lowest BCUT2D eigenvalue weighted by Crippen LogP contribution is -2.23. The highest BCUT2D eigenvalue weighted by Crippen LogP contribution is 2.32. The van der Waals surface area contributed by atoms with Crippen molar-refractivity contribution in [1.29, 1.82) is 5.26 Å². The van der Waals surface area contributed by atoms with Gasteiger partial charge in [-0.2, -0.15) is 5.26 Å². The fourth-order valence-corrected chi connectivity index (χ4v) is 3.50. The summed E-state index contributed by atoms with van der Waals surface area (Å²) in [7, 11) is 3.47. The van der Waals surface area contributed by atoms with E-state index in [0.717, 1.165) is 30.5 Å². The van der Waals surface area contributed by atoms with Gasteiger partial charge in [-0.15, -0.1) is 0 Å². The Balaban J connectivity index is 2.32. The van der Waals surface area contributed by atoms with Crippen molar-refractivity contribution in [3.05, 3.63) is 22.4 Å². The quantitative estimate of drug-likeness (QED) is 0.801. The third kappa shape index (κ3) is 2.96. The first kappa shape index (κ1) is 14.9. The van der Waals surface area contributed by atoms with Gasteiger partial charge in [-0.1, -0.05) is 11.8 Å². The van der Waals surface area contributed by atoms with E-state index in [1.165, 1.54) is 23.7 Å². The number of carbonyl (C=O) groups is 1. The molecule has 2 rings (SSSR count). The lowest BCUT2D eigenvalue weighted by atomic mass is 9.88. The van der Waals surface area contributed by atoms with Crippen molar-refractivity contribution in [2.24, 2.45) is 0 Å². The number of thioether (sulfide) groups is 1. The second-order valence-corrected chi connectivity index (χ2v) is 6.19. The number of hydrogen-bond donors (Lipinski definition) is 0. The van der Waals surface area contributed by atoms with E-state index in [9.17, 15) is 10.1 Å². The molecule has 0 N–H and O–H groups in total. The Morgan fingerprint density at radius 2 is 2.00 bits per heavy atom. The molecule has 0 fully saturated rings. The Morgan fingerprint density at radius 3 is 2.60 bits per heavy atom. The largest absolute Gasteiger partial charge is 0.348 e. The SMILES string of the molecule is Cc1nc(SCC(=O)N(C)C)c(C#N)c2c1CCCC2. The van der Waals surface area contributed by atoms with Crippen molar-refractivity contribution in [3.8, 4) is 6.07 Å². The predicted octanol–water partition coefficient (Wildman–Crippen LogP) is 2.32. The number of pyridine rings is 1. The van der Waals surface area contributed by atoms with Crippen LogP contribution >= 0.6 is 11.8 Å². The summed E-state index contributed by atoms with van der Waals surface area (Å²) in [5.41, 5.74) is 4.10. The van der Waals surface area contributed by atoms with Gasteiger partial charge < -0.3 is 4.90 Å². The van der Waals surface area contributed by atoms with Gasteiger partial charge in [0.25, 0.3) is 0 Å². The molecule has 1 aromatic heterocycles. The van der Waals surface area contributed by atoms with Gasteiger partial charge in [0.15, 0.2) is 0 Å². The number of hydrogen-bond acceptors (Lipinski definition) is 4. The summed E-state index contributed by atoms with van der Waals surface area (Å²) < 4.78 is 0. The van der Waals surface area contributed by atoms with Gasteiger partial charge in [0.2, 0.25) is 5.91 Å². The summed E-state index contributed by atoms with van der Waals surface area (Å²) in [4.78, 5) is 17.8. The van der Waals surface area contributed by atoms with Crippen molar-refractivity contribution in [1.82, 2.24) is 9.88 Å². The van der Waals surface area contributed by atoms with Crippen LogP contribution in [0.2, 0.25) is 0 Å². The van der Waals surface area contributed by atoms with Crippen LogP contribution in [0.25, 0.3) is 0 Å². The van der Waals surface area contributed by atoms with E-state index in [1.54, 1.807) is 19.0 Å². The summed E-state index contributed by atoms with van der Waals surface area (Å²) >= 11 is 1.37. The van der Waals surface area contributed by atoms with Crippen LogP contribution in [0, 0.1) is 18.3 Å². The smallest absolute Gasteiger partial charge is 0.232 e. The fraction of sp³-hybridized carbons (Fsp3) is 0.533. The molecule has 1 aliphatic rings. The van der Waals surface area contributed by atoms with Crippen LogP contribution in [0.1, 0.15) is 35.2 Å². The summed E-state index contributed by atoms with van der Waals surface area (Å²) in [6, 6.07) is 2.30. The number of rotatable bonds is 3. The molecule has 0 aromatic carbocycles. The van der Waals surface area contributed by atoms with Crippen molar-refractivity contribution in [3.63, 3.8) is 0 Å². The van der Waals surface area contributed by atoms with E-state index < -0.39 is 0 Å². The summed E-state index contributed by atoms with van der Waals surface area (Å²) in [5, 5.41) is 10.2. The van der Waals surface area contributed by atoms with Crippen molar-refractivity contribution >= 4 is 17.7 Å². The number of carbonyl (C=O) groups excluding carboxylic acids is 1. The maximum Gasteiger partial charge on any atom is 0.232 e. The lowest BCUT2D eigenvalue weighted by molar-refractivity contribution is -0.125. The van der Waals surface area contributed by atoms with Gasteiger partial charge in [-0.3, -0.25) is 4.79 Å². The van der Waals surface area contributed by atoms with Crippen LogP contribution < -0.4 is 0 Å². The van der Waals surface area contributed by atoms with Gasteiger partial charge in [0, 0.05) is 19.8 Å². The van der Waals surface area contributed by atoms with E-state index in [2.05, 4.69) is 11.1 Å². The zero-order valence-corrected chi connectivity index (χ0v) is 13.0. The predicted molar refractivity (Wildman–Crippen MR) is 79.7 cm³/mol. The first-order valence-corrected chi connectivity index (χ1v) is 7.78. The average molecular weight is 289 g/mol. The highest BCUT2D eigenvalue weighted by molar-refractivity contribution is 8.00. The van der Waals surface area contributed by atoms with Crippen molar-refractivity contribution < 1.29 is 4.79 Å². The Labute approximate surface area is 124 Å². The van der Waals surface area contributed by atoms with E-state index in [1.807, 2.05) is 6.92 Å². The molecule has 1 aliphatic carbocycles. The minimum absolute atomic E-state index is 0.0380. The van der Waals surface area contributed by atoms with Crippen LogP contribution in [0.3, 0.4) is 0 Å². The molecular weight excluding hydrogens is 270 g/mol. The molecule has 0 saturated heterocycles. The second-order valence-electron chi connectivity index (χ2n) is 5.23. The molecule has 106 valence electrons. The molecule has 20 heavy (non-hydrogen) atoms. The maximum absolute atomic E-state index is 11.7. The second kappa shape index (κ2) is 6.27. The van der Waals surface area contributed by atoms with Crippen molar-refractivity contribution in [2.75, 3.05) is 19.8 Å². The maximum atomic E-state index is 11.7. The zero-order valence-electron chi connectivity index (χ0n) is 12.2. The molecule has 0 spiro atoms. The Kier molecular flexibility index (Phi) is 4.66. The first-order chi connectivity index (χ1) is 9.54. The van der Waals surface area contributed by atoms with Gasteiger partial charge in [0.05, 0.1) is 11.3 Å². The van der Waals surface area contributed by atoms with Crippen LogP contribution in [0.5, 0.6) is 0 Å². The van der Waals surface area contributed by atoms with Crippen LogP contribution in [-0.2, 0) is 17.6 Å². The van der Waals surface area contributed by atoms with Gasteiger partial charge >= 0.3 is 0 Å². The number of fused-ring (bicyclic) bond motifs is 1. The van der Waals surface area contributed by atoms with Gasteiger partial charge in [0.1, 0.15) is 11.1 Å². The molecule has 0 aliphatic heterocycles. The minimum Gasteiger partial charge on any atom is -0.348 e. The van der Waals surface area contributed by atoms with Gasteiger partial charge in [-0.25, -0.2) is 4.98 Å². The lowest BCUT2D eigenvalue weighted by Gasteiger charge is -2.20. The number of nitrogens with zero attached hydrogens (tertiary/aromatic N) is 3. The van der Waals surface area contributed by atoms with E-state index in [4.69, 9.17) is 0 Å². The molecule has 0 atom stereocenters. The Bertz CT molecular complexity index is 575. The van der Waals surface area contributed by atoms with E-state index in [-0.39, 0.29) is 5.91 Å². The highest BCUT2D eigenvalue weighted by Gasteiger charge is 2.21. The summed E-state index contributed by atoms with van der Waals surface area (Å²) in [5.74, 6) is 0.364. The molecule has 0 bridgehead atoms. The summed E-state index contributed by atoms with van der Waals surface area (Å²) in [6.45, 7) is 2.00. The van der Waals surface area contributed by atoms with Crippen molar-refractivity contribution in [2.45, 2.75) is 37.6 Å². The Hall–Kier alpha value is -1.54. The standard InChI is InChI=1S/C15H19N3OS/c1-10-11-6-4-5-7-12(11)13(8-16)15(17-10)20-9-14(19)18(2)3/h4-7,9H2,1-3H3. The van der Waals surface area contributed by atoms with E-state index in [0.29, 0.717) is 16.3 Å². The third-order valence-corrected chi connectivity index (χ3v) is 4.59. The number of nitriles is 1. The van der Waals surface area contributed by atoms with Crippen LogP contribution in [-0.4, -0.2) is 35.6 Å². The van der Waals surface area contributed by atoms with Crippen LogP contribution in [0.15, 0.2) is 5.03 Å². The zero-order chi connectivity index (χ0) is 14.7. The molecule has 1 amide bonds. The molecule has 4 nitrogen and oxygen atoms in total. The van der Waals surface area contributed by atoms with Crippen LogP contribution in [0.4, 0.5) is 0 Å². The fourth-order valence-electron chi connectivity index (χ4n) is 2.46. The highest BCUT2D eigenvalue weighted by atomic mass is 32.2. The topological polar surface area (TPSA) is 57.0 Å². The normalized spacial score (nSPS) is 13.5.